The van der Waals surface area contributed by atoms with Crippen LogP contribution in [-0.4, -0.2) is 70.0 Å². The molecule has 0 aromatic heterocycles. The van der Waals surface area contributed by atoms with E-state index in [0.29, 0.717) is 17.4 Å². The summed E-state index contributed by atoms with van der Waals surface area (Å²) in [5.74, 6) is -0.808. The molecule has 0 bridgehead atoms. The molecule has 68 heavy (non-hydrogen) atoms. The summed E-state index contributed by atoms with van der Waals surface area (Å²) < 4.78 is 34.2. The van der Waals surface area contributed by atoms with Crippen molar-refractivity contribution in [1.82, 2.24) is 0 Å². The van der Waals surface area contributed by atoms with Gasteiger partial charge in [0.25, 0.3) is 7.82 Å². The predicted molar refractivity (Wildman–Crippen MR) is 287 cm³/mol. The van der Waals surface area contributed by atoms with E-state index in [-0.39, 0.29) is 32.0 Å². The fourth-order valence-electron chi connectivity index (χ4n) is 9.01. The number of quaternary nitrogens is 1. The SMILES string of the molecule is CCCCCCCCCCCCCCCCCCCCCCCCC(=O)OC[C@H](COP(=O)([O-])OCC[N+](C)(C)C)OC(=O)CCCCCCCCCCCCCCCCCCCCCCCC. The first-order valence-electron chi connectivity index (χ1n) is 29.7. The quantitative estimate of drug-likeness (QED) is 0.0256. The van der Waals surface area contributed by atoms with Gasteiger partial charge in [-0.1, -0.05) is 284 Å². The summed E-state index contributed by atoms with van der Waals surface area (Å²) in [7, 11) is 1.19. The summed E-state index contributed by atoms with van der Waals surface area (Å²) in [6.45, 7) is 4.32. The van der Waals surface area contributed by atoms with Gasteiger partial charge < -0.3 is 27.9 Å². The largest absolute Gasteiger partial charge is 0.756 e. The Morgan fingerprint density at radius 3 is 0.941 bits per heavy atom. The van der Waals surface area contributed by atoms with E-state index in [1.165, 1.54) is 244 Å². The number of phosphoric acid groups is 1. The number of nitrogens with zero attached hydrogens (tertiary/aromatic N) is 1. The predicted octanol–water partition coefficient (Wildman–Crippen LogP) is 17.6. The van der Waals surface area contributed by atoms with E-state index in [1.54, 1.807) is 0 Å². The third-order valence-corrected chi connectivity index (χ3v) is 14.6. The minimum atomic E-state index is -4.63. The van der Waals surface area contributed by atoms with E-state index in [4.69, 9.17) is 18.5 Å². The zero-order valence-electron chi connectivity index (χ0n) is 46.1. The highest BCUT2D eigenvalue weighted by Crippen LogP contribution is 2.38. The van der Waals surface area contributed by atoms with Crippen molar-refractivity contribution < 1.29 is 42.1 Å². The second kappa shape index (κ2) is 50.9. The lowest BCUT2D eigenvalue weighted by Gasteiger charge is -2.28. The van der Waals surface area contributed by atoms with Crippen molar-refractivity contribution in [3.05, 3.63) is 0 Å². The van der Waals surface area contributed by atoms with Gasteiger partial charge in [0, 0.05) is 12.8 Å². The van der Waals surface area contributed by atoms with E-state index in [2.05, 4.69) is 13.8 Å². The van der Waals surface area contributed by atoms with Crippen LogP contribution in [0.4, 0.5) is 0 Å². The van der Waals surface area contributed by atoms with E-state index < -0.39 is 26.5 Å². The summed E-state index contributed by atoms with van der Waals surface area (Å²) in [4.78, 5) is 37.9. The monoisotopic (exact) mass is 986 g/mol. The summed E-state index contributed by atoms with van der Waals surface area (Å²) in [5, 5.41) is 0. The topological polar surface area (TPSA) is 111 Å². The molecule has 10 heteroatoms. The molecule has 0 radical (unpaired) electrons. The zero-order valence-corrected chi connectivity index (χ0v) is 47.0. The first-order valence-corrected chi connectivity index (χ1v) is 31.2. The third-order valence-electron chi connectivity index (χ3n) is 13.6. The van der Waals surface area contributed by atoms with Crippen molar-refractivity contribution in [2.75, 3.05) is 47.5 Å². The minimum Gasteiger partial charge on any atom is -0.756 e. The molecule has 406 valence electrons. The molecule has 0 aliphatic rings. The van der Waals surface area contributed by atoms with Crippen molar-refractivity contribution >= 4 is 19.8 Å². The molecule has 0 aliphatic carbocycles. The molecule has 0 aliphatic heterocycles. The Balaban J connectivity index is 4.09. The van der Waals surface area contributed by atoms with Crippen LogP contribution in [0.5, 0.6) is 0 Å². The maximum atomic E-state index is 12.8. The number of rotatable bonds is 56. The number of carbonyl (C=O) groups excluding carboxylic acids is 2. The molecule has 9 nitrogen and oxygen atoms in total. The van der Waals surface area contributed by atoms with Gasteiger partial charge in [0.2, 0.25) is 0 Å². The molecule has 0 rings (SSSR count). The average Bonchev–Trinajstić information content (AvgIpc) is 3.30. The van der Waals surface area contributed by atoms with E-state index >= 15 is 0 Å². The number of esters is 2. The Hall–Kier alpha value is -0.990. The van der Waals surface area contributed by atoms with Gasteiger partial charge in [-0.25, -0.2) is 0 Å². The van der Waals surface area contributed by atoms with Crippen molar-refractivity contribution in [3.8, 4) is 0 Å². The molecule has 0 spiro atoms. The van der Waals surface area contributed by atoms with Crippen LogP contribution >= 0.6 is 7.82 Å². The Morgan fingerprint density at radius 2 is 0.662 bits per heavy atom. The minimum absolute atomic E-state index is 0.0250. The molecule has 0 heterocycles. The van der Waals surface area contributed by atoms with Crippen molar-refractivity contribution in [2.24, 2.45) is 0 Å². The Bertz CT molecular complexity index is 1120. The maximum absolute atomic E-state index is 12.8. The fourth-order valence-corrected chi connectivity index (χ4v) is 9.74. The lowest BCUT2D eigenvalue weighted by atomic mass is 10.0. The molecule has 0 aromatic carbocycles. The number of likely N-dealkylation sites (N-methyl/N-ethyl adjacent to an activating group) is 1. The van der Waals surface area contributed by atoms with Gasteiger partial charge in [0.15, 0.2) is 6.10 Å². The lowest BCUT2D eigenvalue weighted by molar-refractivity contribution is -0.870. The van der Waals surface area contributed by atoms with Crippen LogP contribution in [-0.2, 0) is 32.7 Å². The highest BCUT2D eigenvalue weighted by Gasteiger charge is 2.22. The Labute approximate surface area is 423 Å². The van der Waals surface area contributed by atoms with Crippen LogP contribution in [0.15, 0.2) is 0 Å². The molecular formula is C58H116NO8P. The first kappa shape index (κ1) is 67.0. The molecule has 0 N–H and O–H groups in total. The second-order valence-corrected chi connectivity index (χ2v) is 23.1. The van der Waals surface area contributed by atoms with Gasteiger partial charge in [-0.2, -0.15) is 0 Å². The van der Waals surface area contributed by atoms with Gasteiger partial charge in [-0.05, 0) is 12.8 Å². The number of hydrogen-bond acceptors (Lipinski definition) is 8. The molecule has 0 amide bonds. The molecule has 2 atom stereocenters. The van der Waals surface area contributed by atoms with Gasteiger partial charge in [-0.15, -0.1) is 0 Å². The van der Waals surface area contributed by atoms with Gasteiger partial charge in [0.05, 0.1) is 27.7 Å². The number of carbonyl (C=O) groups is 2. The van der Waals surface area contributed by atoms with E-state index in [0.717, 1.165) is 32.1 Å². The van der Waals surface area contributed by atoms with Crippen LogP contribution < -0.4 is 4.89 Å². The highest BCUT2D eigenvalue weighted by molar-refractivity contribution is 7.45. The second-order valence-electron chi connectivity index (χ2n) is 21.7. The molecule has 0 aromatic rings. The zero-order chi connectivity index (χ0) is 49.9. The number of unbranched alkanes of at least 4 members (excludes halogenated alkanes) is 42. The average molecular weight is 987 g/mol. The van der Waals surface area contributed by atoms with Crippen molar-refractivity contribution in [3.63, 3.8) is 0 Å². The third kappa shape index (κ3) is 54.3. The number of ether oxygens (including phenoxy) is 2. The lowest BCUT2D eigenvalue weighted by Crippen LogP contribution is -2.37. The molecule has 1 unspecified atom stereocenters. The van der Waals surface area contributed by atoms with Crippen LogP contribution in [0.3, 0.4) is 0 Å². The standard InChI is InChI=1S/C58H116NO8P/c1-6-8-10-12-14-16-18-20-22-24-26-28-30-32-34-36-38-40-42-44-46-48-50-57(60)64-54-56(55-66-68(62,63)65-53-52-59(3,4)5)67-58(61)51-49-47-45-43-41-39-37-35-33-31-29-27-25-23-21-19-17-15-13-11-9-7-2/h56H,6-55H2,1-5H3/t56-/m1/s1. The Morgan fingerprint density at radius 1 is 0.397 bits per heavy atom. The molecule has 0 fully saturated rings. The van der Waals surface area contributed by atoms with Crippen molar-refractivity contribution in [1.29, 1.82) is 0 Å². The van der Waals surface area contributed by atoms with Crippen molar-refractivity contribution in [2.45, 2.75) is 315 Å². The van der Waals surface area contributed by atoms with Gasteiger partial charge in [-0.3, -0.25) is 14.2 Å². The van der Waals surface area contributed by atoms with Crippen LogP contribution in [0.25, 0.3) is 0 Å². The normalized spacial score (nSPS) is 13.2. The van der Waals surface area contributed by atoms with Gasteiger partial charge >= 0.3 is 11.9 Å². The summed E-state index contributed by atoms with van der Waals surface area (Å²) in [6, 6.07) is 0. The number of phosphoric ester groups is 1. The smallest absolute Gasteiger partial charge is 0.306 e. The molecule has 0 saturated heterocycles. The maximum Gasteiger partial charge on any atom is 0.306 e. The Kier molecular flexibility index (Phi) is 50.2. The van der Waals surface area contributed by atoms with E-state index in [9.17, 15) is 19.0 Å². The van der Waals surface area contributed by atoms with Gasteiger partial charge in [0.1, 0.15) is 19.8 Å². The highest BCUT2D eigenvalue weighted by atomic mass is 31.2. The fraction of sp³-hybridized carbons (Fsp3) is 0.966. The van der Waals surface area contributed by atoms with Crippen LogP contribution in [0.1, 0.15) is 309 Å². The summed E-state index contributed by atoms with van der Waals surface area (Å²) in [6.07, 6.45) is 57.2. The van der Waals surface area contributed by atoms with Crippen LogP contribution in [0.2, 0.25) is 0 Å². The summed E-state index contributed by atoms with van der Waals surface area (Å²) in [5.41, 5.74) is 0. The number of hydrogen-bond donors (Lipinski definition) is 0. The van der Waals surface area contributed by atoms with E-state index in [1.807, 2.05) is 21.1 Å². The molecular weight excluding hydrogens is 870 g/mol. The first-order chi connectivity index (χ1) is 33.0. The summed E-state index contributed by atoms with van der Waals surface area (Å²) >= 11 is 0. The molecule has 0 saturated carbocycles. The van der Waals surface area contributed by atoms with Crippen LogP contribution in [0, 0.1) is 0 Å².